The third kappa shape index (κ3) is 3.81. The van der Waals surface area contributed by atoms with Gasteiger partial charge in [-0.05, 0) is 33.1 Å². The van der Waals surface area contributed by atoms with Crippen molar-refractivity contribution in [2.75, 3.05) is 11.5 Å². The molecule has 1 aliphatic carbocycles. The van der Waals surface area contributed by atoms with Crippen molar-refractivity contribution in [2.45, 2.75) is 11.2 Å². The summed E-state index contributed by atoms with van der Waals surface area (Å²) in [4.78, 5) is 0. The van der Waals surface area contributed by atoms with Crippen molar-refractivity contribution >= 4 is 49.3 Å². The number of benzene rings is 1. The van der Waals surface area contributed by atoms with Crippen LogP contribution in [0.1, 0.15) is 12.0 Å². The molecule has 1 fully saturated rings. The van der Waals surface area contributed by atoms with Crippen LogP contribution in [0.3, 0.4) is 0 Å². The summed E-state index contributed by atoms with van der Waals surface area (Å²) in [5.41, 5.74) is 1.29. The standard InChI is InChI=1S/C15H16S4/c1-2-5-13(6-3-1)7-4-9-17-19-18-12-15-11-14(15)8-10-16-15/h1-8,10,14H,9,11-12H2/b7-4+. The molecule has 100 valence electrons. The van der Waals surface area contributed by atoms with Crippen molar-refractivity contribution in [3.8, 4) is 0 Å². The molecule has 1 heterocycles. The first-order valence-electron chi connectivity index (χ1n) is 6.36. The number of fused-ring (bicyclic) bond motifs is 1. The second-order valence-corrected chi connectivity index (χ2v) is 10.3. The maximum Gasteiger partial charge on any atom is 0.0369 e. The summed E-state index contributed by atoms with van der Waals surface area (Å²) in [5.74, 6) is 3.25. The van der Waals surface area contributed by atoms with Gasteiger partial charge in [0, 0.05) is 16.3 Å². The number of allylic oxidation sites excluding steroid dienone is 1. The van der Waals surface area contributed by atoms with Crippen LogP contribution in [-0.2, 0) is 0 Å². The summed E-state index contributed by atoms with van der Waals surface area (Å²) >= 11 is 2.05. The molecule has 19 heavy (non-hydrogen) atoms. The smallest absolute Gasteiger partial charge is 0.0369 e. The second-order valence-electron chi connectivity index (χ2n) is 4.75. The summed E-state index contributed by atoms with van der Waals surface area (Å²) in [6.45, 7) is 0. The molecule has 1 saturated carbocycles. The molecule has 1 aromatic carbocycles. The lowest BCUT2D eigenvalue weighted by molar-refractivity contribution is 0.992. The van der Waals surface area contributed by atoms with Crippen molar-refractivity contribution < 1.29 is 0 Å². The van der Waals surface area contributed by atoms with E-state index in [9.17, 15) is 0 Å². The Balaban J connectivity index is 1.27. The van der Waals surface area contributed by atoms with E-state index in [1.54, 1.807) is 0 Å². The highest BCUT2D eigenvalue weighted by Gasteiger charge is 2.55. The Morgan fingerprint density at radius 2 is 2.16 bits per heavy atom. The zero-order valence-corrected chi connectivity index (χ0v) is 13.8. The molecule has 0 bridgehead atoms. The van der Waals surface area contributed by atoms with E-state index in [2.05, 4.69) is 54.0 Å². The van der Waals surface area contributed by atoms with E-state index in [0.29, 0.717) is 4.75 Å². The van der Waals surface area contributed by atoms with Crippen LogP contribution < -0.4 is 0 Å². The number of rotatable bonds is 7. The van der Waals surface area contributed by atoms with Gasteiger partial charge in [0.05, 0.1) is 0 Å². The lowest BCUT2D eigenvalue weighted by atomic mass is 10.2. The summed E-state index contributed by atoms with van der Waals surface area (Å²) < 4.78 is 0.595. The van der Waals surface area contributed by atoms with Crippen molar-refractivity contribution in [1.82, 2.24) is 0 Å². The zero-order valence-electron chi connectivity index (χ0n) is 10.5. The van der Waals surface area contributed by atoms with Gasteiger partial charge in [-0.1, -0.05) is 70.1 Å². The first kappa shape index (κ1) is 14.1. The van der Waals surface area contributed by atoms with E-state index < -0.39 is 0 Å². The fourth-order valence-corrected chi connectivity index (χ4v) is 7.68. The maximum atomic E-state index is 2.38. The molecule has 3 rings (SSSR count). The van der Waals surface area contributed by atoms with Gasteiger partial charge in [0.1, 0.15) is 0 Å². The molecule has 4 heteroatoms. The Kier molecular flexibility index (Phi) is 4.96. The van der Waals surface area contributed by atoms with Gasteiger partial charge in [-0.3, -0.25) is 0 Å². The first-order chi connectivity index (χ1) is 9.39. The Hall–Kier alpha value is 0.1000. The van der Waals surface area contributed by atoms with E-state index in [4.69, 9.17) is 0 Å². The van der Waals surface area contributed by atoms with Crippen LogP contribution in [0.4, 0.5) is 0 Å². The van der Waals surface area contributed by atoms with Gasteiger partial charge >= 0.3 is 0 Å². The molecular formula is C15H16S4. The average molecular weight is 325 g/mol. The van der Waals surface area contributed by atoms with Crippen LogP contribution in [0.25, 0.3) is 6.08 Å². The Morgan fingerprint density at radius 1 is 1.26 bits per heavy atom. The topological polar surface area (TPSA) is 0 Å². The lowest BCUT2D eigenvalue weighted by Crippen LogP contribution is -2.04. The summed E-state index contributed by atoms with van der Waals surface area (Å²) in [6.07, 6.45) is 8.23. The van der Waals surface area contributed by atoms with Crippen LogP contribution in [0.15, 0.2) is 47.9 Å². The normalized spacial score (nSPS) is 27.9. The highest BCUT2D eigenvalue weighted by Crippen LogP contribution is 2.62. The van der Waals surface area contributed by atoms with E-state index >= 15 is 0 Å². The minimum atomic E-state index is 0.595. The van der Waals surface area contributed by atoms with Gasteiger partial charge in [0.2, 0.25) is 0 Å². The molecule has 0 amide bonds. The lowest BCUT2D eigenvalue weighted by Gasteiger charge is -2.08. The molecule has 1 aromatic rings. The monoisotopic (exact) mass is 324 g/mol. The Bertz CT molecular complexity index is 468. The second kappa shape index (κ2) is 6.70. The number of hydrogen-bond acceptors (Lipinski definition) is 4. The van der Waals surface area contributed by atoms with Gasteiger partial charge in [-0.25, -0.2) is 0 Å². The molecule has 2 aliphatic rings. The highest BCUT2D eigenvalue weighted by molar-refractivity contribution is 9.09. The van der Waals surface area contributed by atoms with E-state index in [1.807, 2.05) is 43.2 Å². The third-order valence-corrected chi connectivity index (χ3v) is 9.15. The van der Waals surface area contributed by atoms with Gasteiger partial charge < -0.3 is 0 Å². The van der Waals surface area contributed by atoms with Gasteiger partial charge in [0.25, 0.3) is 0 Å². The first-order valence-corrected chi connectivity index (χ1v) is 11.1. The van der Waals surface area contributed by atoms with Gasteiger partial charge in [0.15, 0.2) is 0 Å². The summed E-state index contributed by atoms with van der Waals surface area (Å²) in [7, 11) is 5.90. The molecule has 0 nitrogen and oxygen atoms in total. The van der Waals surface area contributed by atoms with Crippen LogP contribution in [0, 0.1) is 5.92 Å². The van der Waals surface area contributed by atoms with Crippen molar-refractivity contribution in [3.05, 3.63) is 53.5 Å². The predicted molar refractivity (Wildman–Crippen MR) is 95.6 cm³/mol. The predicted octanol–water partition coefficient (Wildman–Crippen LogP) is 5.75. The number of thioether (sulfide) groups is 1. The minimum absolute atomic E-state index is 0.595. The zero-order chi connectivity index (χ0) is 13.0. The maximum absolute atomic E-state index is 2.38. The Labute approximate surface area is 131 Å². The quantitative estimate of drug-likeness (QED) is 0.462. The average Bonchev–Trinajstić information content (AvgIpc) is 3.00. The Morgan fingerprint density at radius 3 is 2.89 bits per heavy atom. The largest absolute Gasteiger partial charge is 0.126 e. The molecular weight excluding hydrogens is 308 g/mol. The highest BCUT2D eigenvalue weighted by atomic mass is 33.5. The molecule has 2 atom stereocenters. The van der Waals surface area contributed by atoms with Crippen LogP contribution >= 0.6 is 43.2 Å². The van der Waals surface area contributed by atoms with E-state index in [-0.39, 0.29) is 0 Å². The van der Waals surface area contributed by atoms with Crippen LogP contribution in [0.2, 0.25) is 0 Å². The summed E-state index contributed by atoms with van der Waals surface area (Å²) in [6, 6.07) is 10.5. The molecule has 0 N–H and O–H groups in total. The third-order valence-electron chi connectivity index (χ3n) is 3.37. The van der Waals surface area contributed by atoms with Gasteiger partial charge in [-0.2, -0.15) is 0 Å². The fraction of sp³-hybridized carbons (Fsp3) is 0.333. The van der Waals surface area contributed by atoms with Crippen molar-refractivity contribution in [2.24, 2.45) is 5.92 Å². The SMILES string of the molecule is C1=CC2CC2(CSSSC/C=C/c2ccccc2)S1. The molecule has 0 saturated heterocycles. The van der Waals surface area contributed by atoms with Crippen LogP contribution in [0.5, 0.6) is 0 Å². The van der Waals surface area contributed by atoms with E-state index in [0.717, 1.165) is 11.7 Å². The van der Waals surface area contributed by atoms with E-state index in [1.165, 1.54) is 17.7 Å². The van der Waals surface area contributed by atoms with Crippen molar-refractivity contribution in [3.63, 3.8) is 0 Å². The molecule has 1 aliphatic heterocycles. The van der Waals surface area contributed by atoms with Gasteiger partial charge in [-0.15, -0.1) is 11.8 Å². The van der Waals surface area contributed by atoms with Crippen LogP contribution in [-0.4, -0.2) is 16.3 Å². The fourth-order valence-electron chi connectivity index (χ4n) is 2.14. The van der Waals surface area contributed by atoms with Crippen molar-refractivity contribution in [1.29, 1.82) is 0 Å². The minimum Gasteiger partial charge on any atom is -0.126 e. The molecule has 0 radical (unpaired) electrons. The summed E-state index contributed by atoms with van der Waals surface area (Å²) in [5, 5.41) is 2.29. The number of hydrogen-bond donors (Lipinski definition) is 0. The molecule has 2 unspecified atom stereocenters. The molecule has 0 spiro atoms. The molecule has 0 aromatic heterocycles.